The highest BCUT2D eigenvalue weighted by molar-refractivity contribution is 5.99. The second-order valence-corrected chi connectivity index (χ2v) is 10.1. The third-order valence-electron chi connectivity index (χ3n) is 7.18. The highest BCUT2D eigenvalue weighted by Crippen LogP contribution is 2.26. The molecule has 0 saturated heterocycles. The second-order valence-electron chi connectivity index (χ2n) is 10.1. The predicted molar refractivity (Wildman–Crippen MR) is 151 cm³/mol. The van der Waals surface area contributed by atoms with Gasteiger partial charge < -0.3 is 18.9 Å². The molecule has 206 valence electrons. The quantitative estimate of drug-likeness (QED) is 0.230. The zero-order valence-corrected chi connectivity index (χ0v) is 23.4. The smallest absolute Gasteiger partial charge is 0.340 e. The highest BCUT2D eigenvalue weighted by Gasteiger charge is 2.25. The van der Waals surface area contributed by atoms with Crippen molar-refractivity contribution in [2.75, 3.05) is 19.8 Å². The zero-order valence-electron chi connectivity index (χ0n) is 23.4. The molecule has 0 fully saturated rings. The first-order chi connectivity index (χ1) is 18.8. The number of carbonyl (C=O) groups is 3. The van der Waals surface area contributed by atoms with Crippen molar-refractivity contribution in [3.05, 3.63) is 87.7 Å². The van der Waals surface area contributed by atoms with Crippen LogP contribution in [-0.4, -0.2) is 47.1 Å². The lowest BCUT2D eigenvalue weighted by molar-refractivity contribution is 0.0490. The SMILES string of the molecule is CCCCOC(=O)c1ccc2c(c1)CN(C(=O)c1ccc(C(=O)OCCCC)c(-n3c(C)ccc3C)c1)CC2. The van der Waals surface area contributed by atoms with Crippen molar-refractivity contribution in [3.8, 4) is 5.69 Å². The number of rotatable bonds is 10. The zero-order chi connectivity index (χ0) is 27.9. The number of nitrogens with zero attached hydrogens (tertiary/aromatic N) is 2. The summed E-state index contributed by atoms with van der Waals surface area (Å²) in [5.74, 6) is -0.848. The number of fused-ring (bicyclic) bond motifs is 1. The molecule has 0 radical (unpaired) electrons. The van der Waals surface area contributed by atoms with E-state index >= 15 is 0 Å². The minimum Gasteiger partial charge on any atom is -0.462 e. The van der Waals surface area contributed by atoms with Gasteiger partial charge in [0.15, 0.2) is 0 Å². The number of hydrogen-bond acceptors (Lipinski definition) is 5. The standard InChI is InChI=1S/C32H38N2O5/c1-5-7-17-38-31(36)26-12-11-24-15-16-33(21-27(24)19-26)30(35)25-13-14-28(32(37)39-18-8-6-2)29(20-25)34-22(3)9-10-23(34)4/h9-14,19-20H,5-8,15-18,21H2,1-4H3. The molecular weight excluding hydrogens is 492 g/mol. The predicted octanol–water partition coefficient (Wildman–Crippen LogP) is 6.21. The van der Waals surface area contributed by atoms with Crippen LogP contribution < -0.4 is 0 Å². The molecule has 1 amide bonds. The van der Waals surface area contributed by atoms with Gasteiger partial charge in [-0.15, -0.1) is 0 Å². The van der Waals surface area contributed by atoms with Gasteiger partial charge in [-0.25, -0.2) is 9.59 Å². The van der Waals surface area contributed by atoms with Crippen LogP contribution in [0.3, 0.4) is 0 Å². The Morgan fingerprint density at radius 3 is 2.08 bits per heavy atom. The Morgan fingerprint density at radius 1 is 0.769 bits per heavy atom. The molecule has 2 aromatic carbocycles. The van der Waals surface area contributed by atoms with Gasteiger partial charge in [0.25, 0.3) is 5.91 Å². The van der Waals surface area contributed by atoms with Crippen molar-refractivity contribution in [1.29, 1.82) is 0 Å². The Morgan fingerprint density at radius 2 is 1.41 bits per heavy atom. The van der Waals surface area contributed by atoms with Gasteiger partial charge in [0.05, 0.1) is 30.0 Å². The van der Waals surface area contributed by atoms with Crippen LogP contribution in [0.1, 0.15) is 93.1 Å². The number of aryl methyl sites for hydroxylation is 2. The summed E-state index contributed by atoms with van der Waals surface area (Å²) in [6.45, 7) is 9.79. The Labute approximate surface area is 230 Å². The van der Waals surface area contributed by atoms with Crippen molar-refractivity contribution >= 4 is 17.8 Å². The Balaban J connectivity index is 1.59. The molecule has 0 spiro atoms. The molecule has 7 heteroatoms. The molecule has 3 aromatic rings. The number of aromatic nitrogens is 1. The summed E-state index contributed by atoms with van der Waals surface area (Å²) >= 11 is 0. The van der Waals surface area contributed by atoms with E-state index < -0.39 is 5.97 Å². The Bertz CT molecular complexity index is 1340. The number of hydrogen-bond donors (Lipinski definition) is 0. The number of carbonyl (C=O) groups excluding carboxylic acids is 3. The van der Waals surface area contributed by atoms with Gasteiger partial charge in [-0.05, 0) is 86.7 Å². The van der Waals surface area contributed by atoms with Gasteiger partial charge in [-0.2, -0.15) is 0 Å². The van der Waals surface area contributed by atoms with Crippen molar-refractivity contribution in [2.24, 2.45) is 0 Å². The van der Waals surface area contributed by atoms with E-state index in [9.17, 15) is 14.4 Å². The average Bonchev–Trinajstić information content (AvgIpc) is 3.29. The third kappa shape index (κ3) is 6.41. The number of amides is 1. The molecule has 0 aliphatic carbocycles. The van der Waals surface area contributed by atoms with Crippen LogP contribution in [0.5, 0.6) is 0 Å². The molecule has 1 aliphatic rings. The van der Waals surface area contributed by atoms with E-state index in [1.165, 1.54) is 0 Å². The summed E-state index contributed by atoms with van der Waals surface area (Å²) < 4.78 is 12.9. The van der Waals surface area contributed by atoms with E-state index in [1.54, 1.807) is 29.2 Å². The fraction of sp³-hybridized carbons (Fsp3) is 0.406. The summed E-state index contributed by atoms with van der Waals surface area (Å²) in [6.07, 6.45) is 4.23. The van der Waals surface area contributed by atoms with Gasteiger partial charge in [0, 0.05) is 30.0 Å². The molecule has 7 nitrogen and oxygen atoms in total. The van der Waals surface area contributed by atoms with Crippen LogP contribution in [0.15, 0.2) is 48.5 Å². The summed E-state index contributed by atoms with van der Waals surface area (Å²) in [5.41, 5.74) is 6.08. The van der Waals surface area contributed by atoms with E-state index in [4.69, 9.17) is 9.47 Å². The van der Waals surface area contributed by atoms with Gasteiger partial charge in [-0.1, -0.05) is 32.8 Å². The number of esters is 2. The van der Waals surface area contributed by atoms with Crippen LogP contribution in [-0.2, 0) is 22.4 Å². The molecule has 1 aromatic heterocycles. The maximum atomic E-state index is 13.7. The lowest BCUT2D eigenvalue weighted by Crippen LogP contribution is -2.36. The lowest BCUT2D eigenvalue weighted by atomic mass is 9.96. The molecule has 0 atom stereocenters. The van der Waals surface area contributed by atoms with Crippen LogP contribution in [0.4, 0.5) is 0 Å². The van der Waals surface area contributed by atoms with E-state index in [0.29, 0.717) is 55.1 Å². The van der Waals surface area contributed by atoms with Crippen LogP contribution >= 0.6 is 0 Å². The molecule has 0 bridgehead atoms. The van der Waals surface area contributed by atoms with E-state index in [1.807, 2.05) is 49.6 Å². The minimum absolute atomic E-state index is 0.119. The van der Waals surface area contributed by atoms with Crippen LogP contribution in [0.25, 0.3) is 5.69 Å². The van der Waals surface area contributed by atoms with Gasteiger partial charge in [-0.3, -0.25) is 4.79 Å². The van der Waals surface area contributed by atoms with Crippen LogP contribution in [0, 0.1) is 13.8 Å². The lowest BCUT2D eigenvalue weighted by Gasteiger charge is -2.29. The first-order valence-corrected chi connectivity index (χ1v) is 13.9. The fourth-order valence-electron chi connectivity index (χ4n) is 4.89. The number of ether oxygens (including phenoxy) is 2. The maximum absolute atomic E-state index is 13.7. The molecular formula is C32H38N2O5. The van der Waals surface area contributed by atoms with Crippen molar-refractivity contribution in [1.82, 2.24) is 9.47 Å². The van der Waals surface area contributed by atoms with Crippen molar-refractivity contribution in [2.45, 2.75) is 66.3 Å². The van der Waals surface area contributed by atoms with Gasteiger partial charge >= 0.3 is 11.9 Å². The second kappa shape index (κ2) is 12.8. The molecule has 1 aliphatic heterocycles. The molecule has 2 heterocycles. The fourth-order valence-corrected chi connectivity index (χ4v) is 4.89. The number of unbranched alkanes of at least 4 members (excludes halogenated alkanes) is 2. The minimum atomic E-state index is -0.393. The van der Waals surface area contributed by atoms with Gasteiger partial charge in [0.2, 0.25) is 0 Å². The first kappa shape index (κ1) is 28.1. The van der Waals surface area contributed by atoms with E-state index in [2.05, 4.69) is 6.92 Å². The van der Waals surface area contributed by atoms with Crippen molar-refractivity contribution in [3.63, 3.8) is 0 Å². The first-order valence-electron chi connectivity index (χ1n) is 13.9. The summed E-state index contributed by atoms with van der Waals surface area (Å²) in [7, 11) is 0. The molecule has 0 unspecified atom stereocenters. The van der Waals surface area contributed by atoms with E-state index in [0.717, 1.165) is 48.2 Å². The molecule has 4 rings (SSSR count). The van der Waals surface area contributed by atoms with Crippen molar-refractivity contribution < 1.29 is 23.9 Å². The average molecular weight is 531 g/mol. The summed E-state index contributed by atoms with van der Waals surface area (Å²) in [4.78, 5) is 40.9. The molecule has 39 heavy (non-hydrogen) atoms. The summed E-state index contributed by atoms with van der Waals surface area (Å²) in [5, 5.41) is 0. The molecule has 0 N–H and O–H groups in total. The summed E-state index contributed by atoms with van der Waals surface area (Å²) in [6, 6.07) is 14.8. The highest BCUT2D eigenvalue weighted by atomic mass is 16.5. The number of benzene rings is 2. The third-order valence-corrected chi connectivity index (χ3v) is 7.18. The molecule has 0 saturated carbocycles. The largest absolute Gasteiger partial charge is 0.462 e. The van der Waals surface area contributed by atoms with Crippen LogP contribution in [0.2, 0.25) is 0 Å². The van der Waals surface area contributed by atoms with E-state index in [-0.39, 0.29) is 11.9 Å². The van der Waals surface area contributed by atoms with Gasteiger partial charge in [0.1, 0.15) is 0 Å². The maximum Gasteiger partial charge on any atom is 0.340 e. The Kier molecular flexibility index (Phi) is 9.23. The Hall–Kier alpha value is -3.87. The monoisotopic (exact) mass is 530 g/mol. The topological polar surface area (TPSA) is 77.8 Å². The normalized spacial score (nSPS) is 12.7.